The largest absolute Gasteiger partial charge is 0.480 e. The summed E-state index contributed by atoms with van der Waals surface area (Å²) in [5.74, 6) is -2.80. The van der Waals surface area contributed by atoms with Crippen molar-refractivity contribution in [2.24, 2.45) is 0 Å². The molecule has 1 aliphatic rings. The van der Waals surface area contributed by atoms with Crippen LogP contribution < -0.4 is 0 Å². The summed E-state index contributed by atoms with van der Waals surface area (Å²) in [5.41, 5.74) is 2.44. The second kappa shape index (κ2) is 10.1. The maximum absolute atomic E-state index is 13.8. The van der Waals surface area contributed by atoms with Crippen molar-refractivity contribution < 1.29 is 31.9 Å². The molecule has 3 aromatic carbocycles. The molecule has 1 heterocycles. The van der Waals surface area contributed by atoms with Crippen LogP contribution in [0.25, 0.3) is 11.1 Å². The van der Waals surface area contributed by atoms with Gasteiger partial charge in [0, 0.05) is 25.5 Å². The maximum atomic E-state index is 13.8. The van der Waals surface area contributed by atoms with E-state index in [0.29, 0.717) is 12.8 Å². The average Bonchev–Trinajstić information content (AvgIpc) is 3.33. The number of benzene rings is 3. The summed E-state index contributed by atoms with van der Waals surface area (Å²) in [7, 11) is -3.92. The SMILES string of the molecule is O=C(Cc1ccc(-c2ccc(S(=O)(=O)N3CCC[C@H]3C(=O)O)cc2)cc1)Cc1ccc(F)cc1F. The average molecular weight is 500 g/mol. The van der Waals surface area contributed by atoms with Crippen LogP contribution in [0.1, 0.15) is 24.0 Å². The molecule has 35 heavy (non-hydrogen) atoms. The fourth-order valence-electron chi connectivity index (χ4n) is 4.21. The first kappa shape index (κ1) is 24.7. The van der Waals surface area contributed by atoms with Crippen molar-refractivity contribution in [1.29, 1.82) is 0 Å². The zero-order valence-electron chi connectivity index (χ0n) is 18.7. The van der Waals surface area contributed by atoms with Gasteiger partial charge in [0.2, 0.25) is 10.0 Å². The first-order chi connectivity index (χ1) is 16.6. The first-order valence-electron chi connectivity index (χ1n) is 11.0. The summed E-state index contributed by atoms with van der Waals surface area (Å²) >= 11 is 0. The predicted molar refractivity (Wildman–Crippen MR) is 125 cm³/mol. The van der Waals surface area contributed by atoms with Crippen molar-refractivity contribution in [3.63, 3.8) is 0 Å². The summed E-state index contributed by atoms with van der Waals surface area (Å²) in [4.78, 5) is 23.7. The Labute approximate surface area is 201 Å². The number of aliphatic carboxylic acids is 1. The number of carbonyl (C=O) groups excluding carboxylic acids is 1. The lowest BCUT2D eigenvalue weighted by molar-refractivity contribution is -0.140. The number of carboxylic acids is 1. The van der Waals surface area contributed by atoms with Crippen LogP contribution in [-0.2, 0) is 32.5 Å². The summed E-state index contributed by atoms with van der Waals surface area (Å²) in [6.07, 6.45) is 0.751. The number of halogens is 2. The number of ketones is 1. The van der Waals surface area contributed by atoms with E-state index in [0.717, 1.165) is 33.1 Å². The molecule has 1 aliphatic heterocycles. The topological polar surface area (TPSA) is 91.8 Å². The van der Waals surface area contributed by atoms with Crippen LogP contribution in [0.3, 0.4) is 0 Å². The Hall–Kier alpha value is -3.43. The van der Waals surface area contributed by atoms with Gasteiger partial charge in [0.05, 0.1) is 4.90 Å². The van der Waals surface area contributed by atoms with Crippen molar-refractivity contribution in [2.45, 2.75) is 36.6 Å². The van der Waals surface area contributed by atoms with Gasteiger partial charge in [-0.2, -0.15) is 4.31 Å². The van der Waals surface area contributed by atoms with Gasteiger partial charge in [-0.3, -0.25) is 9.59 Å². The molecule has 3 aromatic rings. The second-order valence-corrected chi connectivity index (χ2v) is 10.4. The van der Waals surface area contributed by atoms with Gasteiger partial charge in [0.1, 0.15) is 23.5 Å². The minimum atomic E-state index is -3.92. The van der Waals surface area contributed by atoms with Crippen molar-refractivity contribution in [3.05, 3.63) is 89.5 Å². The zero-order valence-corrected chi connectivity index (χ0v) is 19.5. The Morgan fingerprint density at radius 2 is 1.54 bits per heavy atom. The number of rotatable bonds is 8. The highest BCUT2D eigenvalue weighted by molar-refractivity contribution is 7.89. The second-order valence-electron chi connectivity index (χ2n) is 8.46. The number of sulfonamides is 1. The van der Waals surface area contributed by atoms with E-state index < -0.39 is 33.7 Å². The van der Waals surface area contributed by atoms with Gasteiger partial charge in [-0.1, -0.05) is 42.5 Å². The van der Waals surface area contributed by atoms with Crippen molar-refractivity contribution in [1.82, 2.24) is 4.31 Å². The van der Waals surface area contributed by atoms with Gasteiger partial charge in [-0.15, -0.1) is 0 Å². The van der Waals surface area contributed by atoms with Crippen LogP contribution in [-0.4, -0.2) is 42.2 Å². The molecule has 0 radical (unpaired) electrons. The highest BCUT2D eigenvalue weighted by Gasteiger charge is 2.39. The van der Waals surface area contributed by atoms with E-state index in [2.05, 4.69) is 0 Å². The first-order valence-corrected chi connectivity index (χ1v) is 12.5. The molecule has 0 aliphatic carbocycles. The molecule has 1 fully saturated rings. The molecule has 1 atom stereocenters. The van der Waals surface area contributed by atoms with E-state index in [9.17, 15) is 31.9 Å². The Balaban J connectivity index is 1.43. The number of hydrogen-bond acceptors (Lipinski definition) is 4. The zero-order chi connectivity index (χ0) is 25.2. The third-order valence-corrected chi connectivity index (χ3v) is 7.96. The number of carboxylic acid groups (broad SMARTS) is 1. The third kappa shape index (κ3) is 5.47. The normalized spacial score (nSPS) is 16.3. The van der Waals surface area contributed by atoms with Gasteiger partial charge in [-0.05, 0) is 53.3 Å². The minimum absolute atomic E-state index is 0.0321. The molecule has 0 unspecified atom stereocenters. The molecule has 1 N–H and O–H groups in total. The molecule has 4 rings (SSSR count). The molecule has 0 saturated carbocycles. The summed E-state index contributed by atoms with van der Waals surface area (Å²) in [5, 5.41) is 9.30. The third-order valence-electron chi connectivity index (χ3n) is 6.04. The Bertz CT molecular complexity index is 1360. The summed E-state index contributed by atoms with van der Waals surface area (Å²) in [6, 6.07) is 15.4. The lowest BCUT2D eigenvalue weighted by Crippen LogP contribution is -2.40. The maximum Gasteiger partial charge on any atom is 0.322 e. The van der Waals surface area contributed by atoms with Crippen LogP contribution >= 0.6 is 0 Å². The smallest absolute Gasteiger partial charge is 0.322 e. The van der Waals surface area contributed by atoms with Crippen LogP contribution in [0.4, 0.5) is 8.78 Å². The van der Waals surface area contributed by atoms with E-state index in [4.69, 9.17) is 0 Å². The highest BCUT2D eigenvalue weighted by Crippen LogP contribution is 2.28. The Morgan fingerprint density at radius 3 is 2.14 bits per heavy atom. The molecule has 1 saturated heterocycles. The standard InChI is InChI=1S/C26H23F2NO5S/c27-21-10-7-20(24(28)16-21)15-22(30)14-17-3-5-18(6-4-17)19-8-11-23(12-9-19)35(33,34)29-13-1-2-25(29)26(31)32/h3-12,16,25H,1-2,13-15H2,(H,31,32)/t25-/m0/s1. The van der Waals surface area contributed by atoms with Gasteiger partial charge < -0.3 is 5.11 Å². The van der Waals surface area contributed by atoms with Gasteiger partial charge in [-0.25, -0.2) is 17.2 Å². The Morgan fingerprint density at radius 1 is 0.914 bits per heavy atom. The van der Waals surface area contributed by atoms with Crippen LogP contribution in [0.5, 0.6) is 0 Å². The molecule has 182 valence electrons. The number of hydrogen-bond donors (Lipinski definition) is 1. The fraction of sp³-hybridized carbons (Fsp3) is 0.231. The molecule has 0 aromatic heterocycles. The molecule has 0 spiro atoms. The monoisotopic (exact) mass is 499 g/mol. The predicted octanol–water partition coefficient (Wildman–Crippen LogP) is 4.22. The van der Waals surface area contributed by atoms with E-state index in [1.165, 1.54) is 18.2 Å². The number of carbonyl (C=O) groups is 2. The summed E-state index contributed by atoms with van der Waals surface area (Å²) in [6.45, 7) is 0.176. The quantitative estimate of drug-likeness (QED) is 0.501. The van der Waals surface area contributed by atoms with Crippen LogP contribution in [0, 0.1) is 11.6 Å². The fourth-order valence-corrected chi connectivity index (χ4v) is 5.86. The van der Waals surface area contributed by atoms with Crippen LogP contribution in [0.15, 0.2) is 71.6 Å². The lowest BCUT2D eigenvalue weighted by Gasteiger charge is -2.21. The van der Waals surface area contributed by atoms with Crippen LogP contribution in [0.2, 0.25) is 0 Å². The Kier molecular flexibility index (Phi) is 7.09. The molecule has 0 bridgehead atoms. The number of nitrogens with zero attached hydrogens (tertiary/aromatic N) is 1. The van der Waals surface area contributed by atoms with E-state index in [1.807, 2.05) is 0 Å². The molecule has 0 amide bonds. The molecule has 9 heteroatoms. The van der Waals surface area contributed by atoms with Gasteiger partial charge >= 0.3 is 5.97 Å². The van der Waals surface area contributed by atoms with Gasteiger partial charge in [0.15, 0.2) is 0 Å². The van der Waals surface area contributed by atoms with Gasteiger partial charge in [0.25, 0.3) is 0 Å². The molecular formula is C26H23F2NO5S. The van der Waals surface area contributed by atoms with E-state index in [1.54, 1.807) is 36.4 Å². The highest BCUT2D eigenvalue weighted by atomic mass is 32.2. The van der Waals surface area contributed by atoms with Crippen molar-refractivity contribution >= 4 is 21.8 Å². The van der Waals surface area contributed by atoms with Crippen molar-refractivity contribution in [2.75, 3.05) is 6.54 Å². The molecular weight excluding hydrogens is 476 g/mol. The lowest BCUT2D eigenvalue weighted by atomic mass is 9.99. The van der Waals surface area contributed by atoms with E-state index >= 15 is 0 Å². The summed E-state index contributed by atoms with van der Waals surface area (Å²) < 4.78 is 53.6. The van der Waals surface area contributed by atoms with Crippen molar-refractivity contribution in [3.8, 4) is 11.1 Å². The number of Topliss-reactive ketones (excluding diaryl/α,β-unsaturated/α-hetero) is 1. The molecule has 6 nitrogen and oxygen atoms in total. The van der Waals surface area contributed by atoms with E-state index in [-0.39, 0.29) is 35.6 Å². The minimum Gasteiger partial charge on any atom is -0.480 e.